The van der Waals surface area contributed by atoms with Crippen molar-refractivity contribution < 1.29 is 0 Å². The van der Waals surface area contributed by atoms with Gasteiger partial charge in [0.05, 0.1) is 10.6 Å². The predicted molar refractivity (Wildman–Crippen MR) is 101 cm³/mol. The lowest BCUT2D eigenvalue weighted by atomic mass is 10.1. The lowest BCUT2D eigenvalue weighted by Gasteiger charge is -2.10. The summed E-state index contributed by atoms with van der Waals surface area (Å²) in [6, 6.07) is 10.5. The molecule has 0 spiro atoms. The van der Waals surface area contributed by atoms with Gasteiger partial charge in [-0.25, -0.2) is 4.68 Å². The van der Waals surface area contributed by atoms with Gasteiger partial charge in [0.15, 0.2) is 0 Å². The van der Waals surface area contributed by atoms with Crippen LogP contribution in [0.4, 0.5) is 5.82 Å². The van der Waals surface area contributed by atoms with E-state index in [9.17, 15) is 0 Å². The second-order valence-electron chi connectivity index (χ2n) is 5.91. The molecule has 23 heavy (non-hydrogen) atoms. The molecular formula is C18H18BrN3S. The minimum absolute atomic E-state index is 1.01. The standard InChI is InChI=1S/C18H18BrN3S/c1-12-10-16(23-11-12)17-13-6-4-5-9-20-18(13)22(21-17)15-8-3-2-7-14(15)19/h2-3,7-8,10-11,20H,4-6,9H2,1H3. The Labute approximate surface area is 148 Å². The number of fused-ring (bicyclic) bond motifs is 1. The first-order chi connectivity index (χ1) is 11.2. The van der Waals surface area contributed by atoms with Crippen LogP contribution in [0.25, 0.3) is 16.3 Å². The Morgan fingerprint density at radius 3 is 2.91 bits per heavy atom. The van der Waals surface area contributed by atoms with E-state index in [4.69, 9.17) is 5.10 Å². The Bertz CT molecular complexity index is 850. The average Bonchev–Trinajstić information content (AvgIpc) is 3.03. The topological polar surface area (TPSA) is 29.9 Å². The molecule has 0 saturated heterocycles. The molecule has 0 saturated carbocycles. The second kappa shape index (κ2) is 6.13. The molecule has 0 amide bonds. The number of aryl methyl sites for hydroxylation is 1. The molecule has 3 heterocycles. The number of aromatic nitrogens is 2. The highest BCUT2D eigenvalue weighted by Crippen LogP contribution is 2.37. The highest BCUT2D eigenvalue weighted by Gasteiger charge is 2.23. The Kier molecular flexibility index (Phi) is 3.99. The van der Waals surface area contributed by atoms with Gasteiger partial charge in [-0.15, -0.1) is 11.3 Å². The number of anilines is 1. The van der Waals surface area contributed by atoms with Crippen LogP contribution in [0, 0.1) is 6.92 Å². The van der Waals surface area contributed by atoms with Gasteiger partial charge in [-0.2, -0.15) is 5.10 Å². The van der Waals surface area contributed by atoms with Crippen molar-refractivity contribution in [3.8, 4) is 16.3 Å². The summed E-state index contributed by atoms with van der Waals surface area (Å²) in [4.78, 5) is 1.26. The van der Waals surface area contributed by atoms with Crippen molar-refractivity contribution >= 4 is 33.1 Å². The van der Waals surface area contributed by atoms with E-state index in [1.807, 2.05) is 6.07 Å². The zero-order chi connectivity index (χ0) is 15.8. The van der Waals surface area contributed by atoms with Crippen molar-refractivity contribution in [3.05, 3.63) is 51.3 Å². The van der Waals surface area contributed by atoms with E-state index in [2.05, 4.69) is 62.5 Å². The molecule has 0 radical (unpaired) electrons. The third kappa shape index (κ3) is 2.72. The predicted octanol–water partition coefficient (Wildman–Crippen LogP) is 5.42. The van der Waals surface area contributed by atoms with Crippen LogP contribution in [-0.2, 0) is 6.42 Å². The normalized spacial score (nSPS) is 14.2. The summed E-state index contributed by atoms with van der Waals surface area (Å²) in [7, 11) is 0. The van der Waals surface area contributed by atoms with Crippen LogP contribution < -0.4 is 5.32 Å². The smallest absolute Gasteiger partial charge is 0.133 e. The Morgan fingerprint density at radius 2 is 2.13 bits per heavy atom. The third-order valence-corrected chi connectivity index (χ3v) is 5.90. The SMILES string of the molecule is Cc1csc(-c2nn(-c3ccccc3Br)c3c2CCCCN3)c1. The summed E-state index contributed by atoms with van der Waals surface area (Å²) in [5.41, 5.74) is 4.86. The zero-order valence-corrected chi connectivity index (χ0v) is 15.4. The van der Waals surface area contributed by atoms with Crippen LogP contribution >= 0.6 is 27.3 Å². The molecular weight excluding hydrogens is 370 g/mol. The van der Waals surface area contributed by atoms with Crippen molar-refractivity contribution in [2.75, 3.05) is 11.9 Å². The molecule has 5 heteroatoms. The summed E-state index contributed by atoms with van der Waals surface area (Å²) in [5, 5.41) is 10.8. The van der Waals surface area contributed by atoms with Crippen LogP contribution in [0.15, 0.2) is 40.2 Å². The molecule has 3 nitrogen and oxygen atoms in total. The largest absolute Gasteiger partial charge is 0.370 e. The van der Waals surface area contributed by atoms with Crippen LogP contribution in [0.5, 0.6) is 0 Å². The van der Waals surface area contributed by atoms with Crippen molar-refractivity contribution in [1.29, 1.82) is 0 Å². The molecule has 1 aliphatic rings. The number of hydrogen-bond donors (Lipinski definition) is 1. The van der Waals surface area contributed by atoms with E-state index in [0.717, 1.165) is 34.6 Å². The summed E-state index contributed by atoms with van der Waals surface area (Å²) in [6.07, 6.45) is 3.49. The number of thiophene rings is 1. The summed E-state index contributed by atoms with van der Waals surface area (Å²) in [5.74, 6) is 1.15. The highest BCUT2D eigenvalue weighted by molar-refractivity contribution is 9.10. The van der Waals surface area contributed by atoms with Gasteiger partial charge in [-0.3, -0.25) is 0 Å². The fourth-order valence-electron chi connectivity index (χ4n) is 3.05. The van der Waals surface area contributed by atoms with Gasteiger partial charge in [-0.1, -0.05) is 12.1 Å². The van der Waals surface area contributed by atoms with Crippen molar-refractivity contribution in [1.82, 2.24) is 9.78 Å². The minimum Gasteiger partial charge on any atom is -0.370 e. The lowest BCUT2D eigenvalue weighted by molar-refractivity contribution is 0.780. The summed E-state index contributed by atoms with van der Waals surface area (Å²) >= 11 is 5.44. The van der Waals surface area contributed by atoms with E-state index in [1.54, 1.807) is 11.3 Å². The molecule has 118 valence electrons. The molecule has 0 fully saturated rings. The Morgan fingerprint density at radius 1 is 1.26 bits per heavy atom. The molecule has 0 aliphatic carbocycles. The van der Waals surface area contributed by atoms with Crippen molar-refractivity contribution in [3.63, 3.8) is 0 Å². The van der Waals surface area contributed by atoms with Gasteiger partial charge in [0.2, 0.25) is 0 Å². The maximum Gasteiger partial charge on any atom is 0.133 e. The van der Waals surface area contributed by atoms with Gasteiger partial charge in [0, 0.05) is 16.6 Å². The summed E-state index contributed by atoms with van der Waals surface area (Å²) < 4.78 is 3.13. The zero-order valence-electron chi connectivity index (χ0n) is 13.0. The van der Waals surface area contributed by atoms with E-state index >= 15 is 0 Å². The minimum atomic E-state index is 1.01. The van der Waals surface area contributed by atoms with Crippen LogP contribution in [-0.4, -0.2) is 16.3 Å². The van der Waals surface area contributed by atoms with Crippen molar-refractivity contribution in [2.45, 2.75) is 26.2 Å². The molecule has 0 atom stereocenters. The first-order valence-corrected chi connectivity index (χ1v) is 9.57. The van der Waals surface area contributed by atoms with Crippen LogP contribution in [0.3, 0.4) is 0 Å². The number of para-hydroxylation sites is 1. The fraction of sp³-hybridized carbons (Fsp3) is 0.278. The monoisotopic (exact) mass is 387 g/mol. The van der Waals surface area contributed by atoms with Gasteiger partial charge in [0.1, 0.15) is 11.5 Å². The van der Waals surface area contributed by atoms with Gasteiger partial charge >= 0.3 is 0 Å². The maximum absolute atomic E-state index is 4.98. The Balaban J connectivity index is 1.93. The lowest BCUT2D eigenvalue weighted by Crippen LogP contribution is -2.07. The van der Waals surface area contributed by atoms with Crippen molar-refractivity contribution in [2.24, 2.45) is 0 Å². The maximum atomic E-state index is 4.98. The molecule has 0 unspecified atom stereocenters. The molecule has 0 bridgehead atoms. The second-order valence-corrected chi connectivity index (χ2v) is 7.68. The van der Waals surface area contributed by atoms with E-state index < -0.39 is 0 Å². The molecule has 1 aliphatic heterocycles. The number of halogens is 1. The van der Waals surface area contributed by atoms with Gasteiger partial charge in [-0.05, 0) is 71.3 Å². The number of rotatable bonds is 2. The number of nitrogens with zero attached hydrogens (tertiary/aromatic N) is 2. The number of benzene rings is 1. The Hall–Kier alpha value is -1.59. The molecule has 3 aromatic rings. The number of hydrogen-bond acceptors (Lipinski definition) is 3. The first-order valence-electron chi connectivity index (χ1n) is 7.90. The molecule has 1 N–H and O–H groups in total. The average molecular weight is 388 g/mol. The summed E-state index contributed by atoms with van der Waals surface area (Å²) in [6.45, 7) is 3.15. The van der Waals surface area contributed by atoms with E-state index in [0.29, 0.717) is 0 Å². The van der Waals surface area contributed by atoms with E-state index in [1.165, 1.54) is 28.8 Å². The van der Waals surface area contributed by atoms with Gasteiger partial charge in [0.25, 0.3) is 0 Å². The van der Waals surface area contributed by atoms with Crippen LogP contribution in [0.2, 0.25) is 0 Å². The van der Waals surface area contributed by atoms with E-state index in [-0.39, 0.29) is 0 Å². The van der Waals surface area contributed by atoms with Gasteiger partial charge < -0.3 is 5.32 Å². The fourth-order valence-corrected chi connectivity index (χ4v) is 4.42. The third-order valence-electron chi connectivity index (χ3n) is 4.17. The number of nitrogens with one attached hydrogen (secondary N) is 1. The highest BCUT2D eigenvalue weighted by atomic mass is 79.9. The molecule has 2 aromatic heterocycles. The quantitative estimate of drug-likeness (QED) is 0.635. The van der Waals surface area contributed by atoms with Crippen LogP contribution in [0.1, 0.15) is 24.0 Å². The molecule has 4 rings (SSSR count). The molecule has 1 aromatic carbocycles. The first kappa shape index (κ1) is 15.0.